The molecular formula is C14H13Cl2NS. The quantitative estimate of drug-likeness (QED) is 0.766. The molecule has 1 nitrogen and oxygen atoms in total. The van der Waals surface area contributed by atoms with Gasteiger partial charge in [0.25, 0.3) is 0 Å². The van der Waals surface area contributed by atoms with Crippen LogP contribution in [0.3, 0.4) is 0 Å². The van der Waals surface area contributed by atoms with Crippen molar-refractivity contribution in [1.29, 1.82) is 0 Å². The molecule has 18 heavy (non-hydrogen) atoms. The maximum absolute atomic E-state index is 5.96. The minimum Gasteiger partial charge on any atom is -0.381 e. The first kappa shape index (κ1) is 13.6. The van der Waals surface area contributed by atoms with Crippen LogP contribution in [0.2, 0.25) is 10.0 Å². The molecule has 0 spiro atoms. The summed E-state index contributed by atoms with van der Waals surface area (Å²) in [4.78, 5) is 1.24. The maximum Gasteiger partial charge on any atom is 0.0424 e. The second-order valence-corrected chi connectivity index (χ2v) is 5.62. The van der Waals surface area contributed by atoms with Crippen LogP contribution in [0, 0.1) is 0 Å². The van der Waals surface area contributed by atoms with Gasteiger partial charge in [0, 0.05) is 27.2 Å². The predicted molar refractivity (Wildman–Crippen MR) is 82.0 cm³/mol. The molecule has 0 heterocycles. The van der Waals surface area contributed by atoms with Crippen LogP contribution in [-0.4, -0.2) is 6.26 Å². The van der Waals surface area contributed by atoms with E-state index < -0.39 is 0 Å². The van der Waals surface area contributed by atoms with Crippen molar-refractivity contribution in [2.45, 2.75) is 11.4 Å². The molecule has 0 aliphatic carbocycles. The fourth-order valence-corrected chi connectivity index (χ4v) is 2.68. The molecule has 2 rings (SSSR count). The predicted octanol–water partition coefficient (Wildman–Crippen LogP) is 5.33. The largest absolute Gasteiger partial charge is 0.381 e. The highest BCUT2D eigenvalue weighted by Crippen LogP contribution is 2.22. The number of nitrogens with one attached hydrogen (secondary N) is 1. The van der Waals surface area contributed by atoms with Crippen LogP contribution in [0.5, 0.6) is 0 Å². The van der Waals surface area contributed by atoms with E-state index in [4.69, 9.17) is 23.2 Å². The number of rotatable bonds is 4. The molecule has 1 N–H and O–H groups in total. The van der Waals surface area contributed by atoms with E-state index >= 15 is 0 Å². The van der Waals surface area contributed by atoms with E-state index in [1.807, 2.05) is 24.3 Å². The van der Waals surface area contributed by atoms with Crippen LogP contribution in [0.1, 0.15) is 5.56 Å². The first-order valence-electron chi connectivity index (χ1n) is 5.50. The molecule has 0 atom stereocenters. The van der Waals surface area contributed by atoms with Crippen LogP contribution in [-0.2, 0) is 6.54 Å². The minimum absolute atomic E-state index is 0.664. The molecule has 0 unspecified atom stereocenters. The molecule has 0 amide bonds. The summed E-state index contributed by atoms with van der Waals surface area (Å²) in [6.07, 6.45) is 2.07. The van der Waals surface area contributed by atoms with Gasteiger partial charge in [-0.25, -0.2) is 0 Å². The highest BCUT2D eigenvalue weighted by molar-refractivity contribution is 7.98. The molecule has 0 radical (unpaired) electrons. The van der Waals surface area contributed by atoms with Crippen LogP contribution in [0.4, 0.5) is 5.69 Å². The van der Waals surface area contributed by atoms with Gasteiger partial charge in [-0.1, -0.05) is 29.3 Å². The lowest BCUT2D eigenvalue weighted by atomic mass is 10.2. The van der Waals surface area contributed by atoms with Crippen molar-refractivity contribution in [3.05, 3.63) is 58.1 Å². The van der Waals surface area contributed by atoms with Gasteiger partial charge in [0.1, 0.15) is 0 Å². The molecular weight excluding hydrogens is 285 g/mol. The molecule has 2 aromatic rings. The molecule has 0 fully saturated rings. The highest BCUT2D eigenvalue weighted by atomic mass is 35.5. The molecule has 94 valence electrons. The standard InChI is InChI=1S/C14H13Cl2NS/c1-18-14-4-2-3-13(8-14)17-9-10-5-11(15)7-12(16)6-10/h2-8,17H,9H2,1H3. The Labute approximate surface area is 121 Å². The molecule has 0 aliphatic heterocycles. The second kappa shape index (κ2) is 6.37. The molecule has 0 bridgehead atoms. The number of hydrogen-bond acceptors (Lipinski definition) is 2. The lowest BCUT2D eigenvalue weighted by Crippen LogP contribution is -1.99. The molecule has 4 heteroatoms. The van der Waals surface area contributed by atoms with Crippen molar-refractivity contribution >= 4 is 40.7 Å². The Morgan fingerprint density at radius 1 is 1.06 bits per heavy atom. The summed E-state index contributed by atoms with van der Waals surface area (Å²) in [6, 6.07) is 13.9. The number of benzene rings is 2. The van der Waals surface area contributed by atoms with E-state index in [1.54, 1.807) is 17.8 Å². The molecule has 0 saturated heterocycles. The molecule has 2 aromatic carbocycles. The van der Waals surface area contributed by atoms with Crippen molar-refractivity contribution in [3.8, 4) is 0 Å². The van der Waals surface area contributed by atoms with Gasteiger partial charge >= 0.3 is 0 Å². The lowest BCUT2D eigenvalue weighted by Gasteiger charge is -2.08. The summed E-state index contributed by atoms with van der Waals surface area (Å²) in [5.74, 6) is 0. The average molecular weight is 298 g/mol. The fourth-order valence-electron chi connectivity index (χ4n) is 1.65. The third kappa shape index (κ3) is 3.84. The van der Waals surface area contributed by atoms with Gasteiger partial charge in [-0.2, -0.15) is 0 Å². The van der Waals surface area contributed by atoms with E-state index in [2.05, 4.69) is 23.7 Å². The number of halogens is 2. The Morgan fingerprint density at radius 3 is 2.44 bits per heavy atom. The smallest absolute Gasteiger partial charge is 0.0424 e. The van der Waals surface area contributed by atoms with Gasteiger partial charge < -0.3 is 5.32 Å². The van der Waals surface area contributed by atoms with Gasteiger partial charge in [0.2, 0.25) is 0 Å². The van der Waals surface area contributed by atoms with Crippen LogP contribution in [0.25, 0.3) is 0 Å². The van der Waals surface area contributed by atoms with Gasteiger partial charge in [-0.3, -0.25) is 0 Å². The topological polar surface area (TPSA) is 12.0 Å². The Bertz CT molecular complexity index is 523. The zero-order chi connectivity index (χ0) is 13.0. The van der Waals surface area contributed by atoms with Crippen molar-refractivity contribution in [1.82, 2.24) is 0 Å². The van der Waals surface area contributed by atoms with Crippen molar-refractivity contribution in [2.75, 3.05) is 11.6 Å². The molecule has 0 aromatic heterocycles. The van der Waals surface area contributed by atoms with E-state index in [-0.39, 0.29) is 0 Å². The van der Waals surface area contributed by atoms with Crippen LogP contribution < -0.4 is 5.32 Å². The van der Waals surface area contributed by atoms with Crippen molar-refractivity contribution in [2.24, 2.45) is 0 Å². The minimum atomic E-state index is 0.664. The van der Waals surface area contributed by atoms with Crippen molar-refractivity contribution < 1.29 is 0 Å². The molecule has 0 saturated carbocycles. The van der Waals surface area contributed by atoms with E-state index in [1.165, 1.54) is 4.90 Å². The summed E-state index contributed by atoms with van der Waals surface area (Å²) < 4.78 is 0. The van der Waals surface area contributed by atoms with E-state index in [0.717, 1.165) is 11.3 Å². The average Bonchev–Trinajstić information content (AvgIpc) is 2.35. The summed E-state index contributed by atoms with van der Waals surface area (Å²) >= 11 is 13.7. The third-order valence-electron chi connectivity index (χ3n) is 2.49. The third-order valence-corrected chi connectivity index (χ3v) is 3.65. The number of thioether (sulfide) groups is 1. The second-order valence-electron chi connectivity index (χ2n) is 3.86. The summed E-state index contributed by atoms with van der Waals surface area (Å²) in [7, 11) is 0. The van der Waals surface area contributed by atoms with Gasteiger partial charge in [-0.05, 0) is 48.2 Å². The van der Waals surface area contributed by atoms with E-state index in [9.17, 15) is 0 Å². The monoisotopic (exact) mass is 297 g/mol. The van der Waals surface area contributed by atoms with E-state index in [0.29, 0.717) is 16.6 Å². The Hall–Kier alpha value is -0.830. The summed E-state index contributed by atoms with van der Waals surface area (Å²) in [5.41, 5.74) is 2.17. The first-order chi connectivity index (χ1) is 8.67. The van der Waals surface area contributed by atoms with Crippen LogP contribution >= 0.6 is 35.0 Å². The van der Waals surface area contributed by atoms with Gasteiger partial charge in [0.15, 0.2) is 0 Å². The lowest BCUT2D eigenvalue weighted by molar-refractivity contribution is 1.14. The SMILES string of the molecule is CSc1cccc(NCc2cc(Cl)cc(Cl)c2)c1. The number of hydrogen-bond donors (Lipinski definition) is 1. The summed E-state index contributed by atoms with van der Waals surface area (Å²) in [6.45, 7) is 0.706. The van der Waals surface area contributed by atoms with Gasteiger partial charge in [0.05, 0.1) is 0 Å². The Balaban J connectivity index is 2.06. The van der Waals surface area contributed by atoms with Crippen LogP contribution in [0.15, 0.2) is 47.4 Å². The fraction of sp³-hybridized carbons (Fsp3) is 0.143. The Kier molecular flexibility index (Phi) is 4.81. The first-order valence-corrected chi connectivity index (χ1v) is 7.48. The zero-order valence-corrected chi connectivity index (χ0v) is 12.2. The normalized spacial score (nSPS) is 10.4. The zero-order valence-electron chi connectivity index (χ0n) is 9.91. The number of anilines is 1. The Morgan fingerprint density at radius 2 is 1.78 bits per heavy atom. The summed E-state index contributed by atoms with van der Waals surface area (Å²) in [5, 5.41) is 4.69. The maximum atomic E-state index is 5.96. The highest BCUT2D eigenvalue weighted by Gasteiger charge is 1.99. The molecule has 0 aliphatic rings. The van der Waals surface area contributed by atoms with Gasteiger partial charge in [-0.15, -0.1) is 11.8 Å². The van der Waals surface area contributed by atoms with Crippen molar-refractivity contribution in [3.63, 3.8) is 0 Å².